The van der Waals surface area contributed by atoms with Crippen LogP contribution in [0.1, 0.15) is 31.1 Å². The summed E-state index contributed by atoms with van der Waals surface area (Å²) < 4.78 is 0. The predicted octanol–water partition coefficient (Wildman–Crippen LogP) is 6.80. The van der Waals surface area contributed by atoms with Crippen molar-refractivity contribution in [3.63, 3.8) is 0 Å². The van der Waals surface area contributed by atoms with Crippen molar-refractivity contribution in [1.82, 2.24) is 4.98 Å². The van der Waals surface area contributed by atoms with Crippen LogP contribution in [-0.4, -0.2) is 22.5 Å². The highest BCUT2D eigenvalue weighted by molar-refractivity contribution is 7.14. The van der Waals surface area contributed by atoms with Gasteiger partial charge in [0.25, 0.3) is 5.91 Å². The number of nitrogens with zero attached hydrogens (tertiary/aromatic N) is 1. The number of aromatic nitrogens is 1. The van der Waals surface area contributed by atoms with E-state index in [1.165, 1.54) is 35.6 Å². The molecule has 1 N–H and O–H groups in total. The van der Waals surface area contributed by atoms with Crippen molar-refractivity contribution in [2.45, 2.75) is 0 Å². The van der Waals surface area contributed by atoms with Gasteiger partial charge < -0.3 is 0 Å². The lowest BCUT2D eigenvalue weighted by molar-refractivity contribution is 0.0817. The quantitative estimate of drug-likeness (QED) is 0.202. The highest BCUT2D eigenvalue weighted by atomic mass is 32.1. The van der Waals surface area contributed by atoms with E-state index in [9.17, 15) is 14.4 Å². The van der Waals surface area contributed by atoms with Gasteiger partial charge in [0.15, 0.2) is 5.13 Å². The van der Waals surface area contributed by atoms with Crippen LogP contribution in [0.5, 0.6) is 0 Å². The smallest absolute Gasteiger partial charge is 0.257 e. The minimum absolute atomic E-state index is 0.232. The van der Waals surface area contributed by atoms with Gasteiger partial charge in [0.05, 0.1) is 5.69 Å². The second-order valence-corrected chi connectivity index (χ2v) is 8.90. The maximum Gasteiger partial charge on any atom is 0.257 e. The number of anilines is 1. The largest absolute Gasteiger partial charge is 0.298 e. The first kappa shape index (κ1) is 23.1. The Morgan fingerprint density at radius 3 is 1.69 bits per heavy atom. The number of Topliss-reactive ketones (excluding diaryl/α,β-unsaturated/α-hetero) is 2. The molecule has 6 heteroatoms. The van der Waals surface area contributed by atoms with Gasteiger partial charge in [0, 0.05) is 27.6 Å². The third kappa shape index (κ3) is 5.04. The molecule has 0 unspecified atom stereocenters. The monoisotopic (exact) mass is 488 g/mol. The van der Waals surface area contributed by atoms with Gasteiger partial charge in [0.2, 0.25) is 11.6 Å². The van der Waals surface area contributed by atoms with Gasteiger partial charge in [0.1, 0.15) is 0 Å². The molecule has 0 atom stereocenters. The molecule has 174 valence electrons. The Labute approximate surface area is 212 Å². The molecule has 5 rings (SSSR count). The van der Waals surface area contributed by atoms with E-state index < -0.39 is 11.6 Å². The van der Waals surface area contributed by atoms with Crippen molar-refractivity contribution in [3.8, 4) is 22.4 Å². The number of hydrogen-bond acceptors (Lipinski definition) is 5. The number of carbonyl (C=O) groups excluding carboxylic acids is 3. The molecule has 0 spiro atoms. The summed E-state index contributed by atoms with van der Waals surface area (Å²) in [6.45, 7) is 0. The van der Waals surface area contributed by atoms with Gasteiger partial charge in [-0.2, -0.15) is 0 Å². The summed E-state index contributed by atoms with van der Waals surface area (Å²) in [4.78, 5) is 42.1. The van der Waals surface area contributed by atoms with E-state index in [0.717, 1.165) is 22.4 Å². The summed E-state index contributed by atoms with van der Waals surface area (Å²) in [7, 11) is 0. The second kappa shape index (κ2) is 10.3. The van der Waals surface area contributed by atoms with E-state index in [0.29, 0.717) is 16.3 Å². The number of rotatable bonds is 7. The molecular formula is C30H20N2O3S. The molecule has 1 amide bonds. The van der Waals surface area contributed by atoms with Crippen LogP contribution in [0.15, 0.2) is 115 Å². The lowest BCUT2D eigenvalue weighted by atomic mass is 10.0. The Bertz CT molecular complexity index is 1530. The molecule has 0 aliphatic carbocycles. The first-order valence-electron chi connectivity index (χ1n) is 11.3. The van der Waals surface area contributed by atoms with Crippen LogP contribution < -0.4 is 5.32 Å². The fraction of sp³-hybridized carbons (Fsp3) is 0. The van der Waals surface area contributed by atoms with Gasteiger partial charge in [-0.15, -0.1) is 11.3 Å². The Kier molecular flexibility index (Phi) is 6.60. The summed E-state index contributed by atoms with van der Waals surface area (Å²) in [5, 5.41) is 5.17. The van der Waals surface area contributed by atoms with Crippen LogP contribution in [0.4, 0.5) is 5.13 Å². The van der Waals surface area contributed by atoms with Crippen molar-refractivity contribution in [3.05, 3.63) is 131 Å². The molecule has 4 aromatic carbocycles. The number of amides is 1. The van der Waals surface area contributed by atoms with Gasteiger partial charge in [-0.05, 0) is 23.3 Å². The first-order valence-corrected chi connectivity index (χ1v) is 12.1. The predicted molar refractivity (Wildman–Crippen MR) is 142 cm³/mol. The third-order valence-corrected chi connectivity index (χ3v) is 6.42. The zero-order valence-corrected chi connectivity index (χ0v) is 19.9. The van der Waals surface area contributed by atoms with E-state index in [1.807, 2.05) is 47.8 Å². The van der Waals surface area contributed by atoms with E-state index in [4.69, 9.17) is 0 Å². The molecule has 5 nitrogen and oxygen atoms in total. The SMILES string of the molecule is O=C(Nc1nc(-c2ccc(-c3ccccc3)cc2)cs1)c1ccc(C(=O)C(=O)c2ccccc2)cc1. The summed E-state index contributed by atoms with van der Waals surface area (Å²) in [6, 6.07) is 32.7. The molecule has 0 radical (unpaired) electrons. The average molecular weight is 489 g/mol. The molecule has 36 heavy (non-hydrogen) atoms. The molecule has 1 heterocycles. The van der Waals surface area contributed by atoms with Crippen LogP contribution in [0.3, 0.4) is 0 Å². The topological polar surface area (TPSA) is 76.1 Å². The molecule has 1 aromatic heterocycles. The van der Waals surface area contributed by atoms with Crippen molar-refractivity contribution < 1.29 is 14.4 Å². The van der Waals surface area contributed by atoms with Crippen molar-refractivity contribution in [2.24, 2.45) is 0 Å². The van der Waals surface area contributed by atoms with E-state index in [-0.39, 0.29) is 11.5 Å². The van der Waals surface area contributed by atoms with Crippen LogP contribution >= 0.6 is 11.3 Å². The van der Waals surface area contributed by atoms with Crippen LogP contribution in [0.25, 0.3) is 22.4 Å². The Hall–Kier alpha value is -4.68. The lowest BCUT2D eigenvalue weighted by Gasteiger charge is -2.04. The van der Waals surface area contributed by atoms with Crippen LogP contribution in [-0.2, 0) is 0 Å². The Morgan fingerprint density at radius 2 is 1.06 bits per heavy atom. The number of nitrogens with one attached hydrogen (secondary N) is 1. The van der Waals surface area contributed by atoms with Gasteiger partial charge in [-0.3, -0.25) is 19.7 Å². The van der Waals surface area contributed by atoms with Crippen molar-refractivity contribution >= 4 is 33.9 Å². The van der Waals surface area contributed by atoms with Crippen molar-refractivity contribution in [2.75, 3.05) is 5.32 Å². The van der Waals surface area contributed by atoms with E-state index >= 15 is 0 Å². The highest BCUT2D eigenvalue weighted by Gasteiger charge is 2.18. The molecule has 0 fully saturated rings. The molecule has 0 saturated carbocycles. The average Bonchev–Trinajstić information content (AvgIpc) is 3.42. The summed E-state index contributed by atoms with van der Waals surface area (Å²) >= 11 is 1.34. The number of ketones is 2. The molecular weight excluding hydrogens is 468 g/mol. The Morgan fingerprint density at radius 1 is 0.556 bits per heavy atom. The zero-order valence-electron chi connectivity index (χ0n) is 19.0. The van der Waals surface area contributed by atoms with Gasteiger partial charge in [-0.1, -0.05) is 97.1 Å². The van der Waals surface area contributed by atoms with Gasteiger partial charge >= 0.3 is 0 Å². The normalized spacial score (nSPS) is 10.6. The first-order chi connectivity index (χ1) is 17.6. The minimum Gasteiger partial charge on any atom is -0.298 e. The number of thiazole rings is 1. The molecule has 0 aliphatic rings. The molecule has 5 aromatic rings. The van der Waals surface area contributed by atoms with E-state index in [2.05, 4.69) is 22.4 Å². The maximum atomic E-state index is 12.7. The lowest BCUT2D eigenvalue weighted by Crippen LogP contribution is -2.15. The minimum atomic E-state index is -0.615. The standard InChI is InChI=1S/C30H20N2O3S/c33-27(23-9-5-2-6-10-23)28(34)24-15-17-25(18-16-24)29(35)32-30-31-26(19-36-30)22-13-11-21(12-14-22)20-7-3-1-4-8-20/h1-19H,(H,31,32,35). The number of benzene rings is 4. The molecule has 0 aliphatic heterocycles. The zero-order chi connectivity index (χ0) is 24.9. The second-order valence-electron chi connectivity index (χ2n) is 8.04. The summed E-state index contributed by atoms with van der Waals surface area (Å²) in [5.74, 6) is -1.54. The highest BCUT2D eigenvalue weighted by Crippen LogP contribution is 2.28. The number of carbonyl (C=O) groups is 3. The fourth-order valence-electron chi connectivity index (χ4n) is 3.72. The summed E-state index contributed by atoms with van der Waals surface area (Å²) in [6.07, 6.45) is 0. The van der Waals surface area contributed by atoms with E-state index in [1.54, 1.807) is 30.3 Å². The molecule has 0 bridgehead atoms. The third-order valence-electron chi connectivity index (χ3n) is 5.66. The maximum absolute atomic E-state index is 12.7. The molecule has 0 saturated heterocycles. The number of hydrogen-bond donors (Lipinski definition) is 1. The summed E-state index contributed by atoms with van der Waals surface area (Å²) in [5.41, 5.74) is 4.92. The fourth-order valence-corrected chi connectivity index (χ4v) is 4.44. The van der Waals surface area contributed by atoms with Gasteiger partial charge in [-0.25, -0.2) is 4.98 Å². The van der Waals surface area contributed by atoms with Crippen LogP contribution in [0, 0.1) is 0 Å². The van der Waals surface area contributed by atoms with Crippen molar-refractivity contribution in [1.29, 1.82) is 0 Å². The Balaban J connectivity index is 1.24. The van der Waals surface area contributed by atoms with Crippen LogP contribution in [0.2, 0.25) is 0 Å².